The molecule has 0 unspecified atom stereocenters. The Kier molecular flexibility index (Phi) is 4.36. The standard InChI is InChI=1S/C8H13N3O2S3/c1-6-10-5-8(15-6)16(12,13)11(2)4-3-7(9)14/h5H,3-4H2,1-2H3,(H2,9,14). The lowest BCUT2D eigenvalue weighted by Crippen LogP contribution is -2.29. The first-order valence-electron chi connectivity index (χ1n) is 4.51. The summed E-state index contributed by atoms with van der Waals surface area (Å²) in [6.45, 7) is 2.05. The summed E-state index contributed by atoms with van der Waals surface area (Å²) < 4.78 is 25.4. The molecule has 0 fully saturated rings. The van der Waals surface area contributed by atoms with E-state index in [1.165, 1.54) is 17.5 Å². The Bertz CT molecular complexity index is 480. The lowest BCUT2D eigenvalue weighted by Gasteiger charge is -2.14. The maximum Gasteiger partial charge on any atom is 0.253 e. The number of aryl methyl sites for hydroxylation is 1. The van der Waals surface area contributed by atoms with Gasteiger partial charge in [0.2, 0.25) is 0 Å². The average Bonchev–Trinajstić information content (AvgIpc) is 2.61. The maximum absolute atomic E-state index is 12.0. The summed E-state index contributed by atoms with van der Waals surface area (Å²) in [6.07, 6.45) is 1.75. The van der Waals surface area contributed by atoms with E-state index in [4.69, 9.17) is 18.0 Å². The monoisotopic (exact) mass is 279 g/mol. The lowest BCUT2D eigenvalue weighted by atomic mass is 10.4. The van der Waals surface area contributed by atoms with Crippen molar-refractivity contribution < 1.29 is 8.42 Å². The Labute approximate surface area is 104 Å². The van der Waals surface area contributed by atoms with Crippen LogP contribution < -0.4 is 5.73 Å². The van der Waals surface area contributed by atoms with Crippen LogP contribution in [0.25, 0.3) is 0 Å². The largest absolute Gasteiger partial charge is 0.393 e. The van der Waals surface area contributed by atoms with E-state index in [9.17, 15) is 8.42 Å². The summed E-state index contributed by atoms with van der Waals surface area (Å²) in [4.78, 5) is 4.23. The summed E-state index contributed by atoms with van der Waals surface area (Å²) in [7, 11) is -1.94. The van der Waals surface area contributed by atoms with E-state index in [0.717, 1.165) is 16.3 Å². The molecular formula is C8H13N3O2S3. The Hall–Kier alpha value is -0.570. The summed E-state index contributed by atoms with van der Waals surface area (Å²) in [6, 6.07) is 0. The number of nitrogens with zero attached hydrogens (tertiary/aromatic N) is 2. The van der Waals surface area contributed by atoms with Crippen LogP contribution in [0.2, 0.25) is 0 Å². The van der Waals surface area contributed by atoms with Crippen LogP contribution in [0.15, 0.2) is 10.4 Å². The fourth-order valence-electron chi connectivity index (χ4n) is 1.00. The predicted octanol–water partition coefficient (Wildman–Crippen LogP) is 0.748. The van der Waals surface area contributed by atoms with Crippen molar-refractivity contribution in [2.45, 2.75) is 17.6 Å². The highest BCUT2D eigenvalue weighted by molar-refractivity contribution is 7.91. The summed E-state index contributed by atoms with van der Waals surface area (Å²) in [5.74, 6) is 0. The normalized spacial score (nSPS) is 11.9. The number of nitrogens with two attached hydrogens (primary N) is 1. The number of thiocarbonyl (C=S) groups is 1. The Morgan fingerprint density at radius 3 is 2.75 bits per heavy atom. The first-order chi connectivity index (χ1) is 7.34. The molecule has 0 aromatic carbocycles. The van der Waals surface area contributed by atoms with E-state index >= 15 is 0 Å². The van der Waals surface area contributed by atoms with Crippen LogP contribution in [0, 0.1) is 6.92 Å². The molecule has 1 aromatic rings. The third-order valence-electron chi connectivity index (χ3n) is 1.94. The van der Waals surface area contributed by atoms with Crippen molar-refractivity contribution in [3.63, 3.8) is 0 Å². The minimum atomic E-state index is -3.44. The van der Waals surface area contributed by atoms with Gasteiger partial charge in [0.05, 0.1) is 16.2 Å². The predicted molar refractivity (Wildman–Crippen MR) is 68.1 cm³/mol. The summed E-state index contributed by atoms with van der Waals surface area (Å²) in [5, 5.41) is 0.723. The van der Waals surface area contributed by atoms with Gasteiger partial charge >= 0.3 is 0 Å². The summed E-state index contributed by atoms with van der Waals surface area (Å²) in [5.41, 5.74) is 5.33. The van der Waals surface area contributed by atoms with Gasteiger partial charge < -0.3 is 5.73 Å². The minimum absolute atomic E-state index is 0.246. The van der Waals surface area contributed by atoms with Gasteiger partial charge in [0.15, 0.2) is 4.21 Å². The number of rotatable bonds is 5. The van der Waals surface area contributed by atoms with E-state index in [1.54, 1.807) is 6.92 Å². The van der Waals surface area contributed by atoms with E-state index in [-0.39, 0.29) is 10.8 Å². The zero-order valence-corrected chi connectivity index (χ0v) is 11.5. The second kappa shape index (κ2) is 5.17. The van der Waals surface area contributed by atoms with E-state index in [0.29, 0.717) is 11.4 Å². The van der Waals surface area contributed by atoms with Crippen molar-refractivity contribution in [2.24, 2.45) is 5.73 Å². The number of aromatic nitrogens is 1. The molecule has 1 heterocycles. The SMILES string of the molecule is Cc1ncc(S(=O)(=O)N(C)CCC(N)=S)s1. The van der Waals surface area contributed by atoms with Crippen molar-refractivity contribution in [3.05, 3.63) is 11.2 Å². The zero-order valence-electron chi connectivity index (χ0n) is 9.00. The molecule has 1 rings (SSSR count). The van der Waals surface area contributed by atoms with Crippen LogP contribution in [0.5, 0.6) is 0 Å². The van der Waals surface area contributed by atoms with E-state index < -0.39 is 10.0 Å². The first kappa shape index (κ1) is 13.5. The van der Waals surface area contributed by atoms with E-state index in [1.807, 2.05) is 0 Å². The average molecular weight is 279 g/mol. The quantitative estimate of drug-likeness (QED) is 0.805. The van der Waals surface area contributed by atoms with Gasteiger partial charge in [-0.2, -0.15) is 4.31 Å². The van der Waals surface area contributed by atoms with Crippen molar-refractivity contribution in [1.29, 1.82) is 0 Å². The van der Waals surface area contributed by atoms with Crippen LogP contribution in [0.1, 0.15) is 11.4 Å². The summed E-state index contributed by atoms with van der Waals surface area (Å²) >= 11 is 5.86. The molecule has 2 N–H and O–H groups in total. The van der Waals surface area contributed by atoms with Gasteiger partial charge in [-0.3, -0.25) is 0 Å². The van der Waals surface area contributed by atoms with Gasteiger partial charge in [-0.05, 0) is 6.92 Å². The number of sulfonamides is 1. The van der Waals surface area contributed by atoms with Crippen LogP contribution >= 0.6 is 23.6 Å². The fourth-order valence-corrected chi connectivity index (χ4v) is 3.59. The third kappa shape index (κ3) is 3.21. The molecule has 0 saturated heterocycles. The second-order valence-electron chi connectivity index (χ2n) is 3.24. The van der Waals surface area contributed by atoms with Gasteiger partial charge in [-0.1, -0.05) is 12.2 Å². The zero-order chi connectivity index (χ0) is 12.3. The molecule has 0 aliphatic carbocycles. The molecule has 0 radical (unpaired) electrons. The Balaban J connectivity index is 2.82. The lowest BCUT2D eigenvalue weighted by molar-refractivity contribution is 0.480. The second-order valence-corrected chi connectivity index (χ2v) is 7.27. The number of hydrogen-bond donors (Lipinski definition) is 1. The molecule has 0 amide bonds. The minimum Gasteiger partial charge on any atom is -0.393 e. The molecule has 0 atom stereocenters. The molecule has 0 spiro atoms. The van der Waals surface area contributed by atoms with Gasteiger partial charge in [0.25, 0.3) is 10.0 Å². The molecule has 0 saturated carbocycles. The van der Waals surface area contributed by atoms with Gasteiger partial charge in [-0.25, -0.2) is 13.4 Å². The Morgan fingerprint density at radius 1 is 1.69 bits per heavy atom. The van der Waals surface area contributed by atoms with Gasteiger partial charge in [0, 0.05) is 20.0 Å². The smallest absolute Gasteiger partial charge is 0.253 e. The highest BCUT2D eigenvalue weighted by Crippen LogP contribution is 2.21. The molecule has 90 valence electrons. The molecular weight excluding hydrogens is 266 g/mol. The van der Waals surface area contributed by atoms with Crippen molar-refractivity contribution in [2.75, 3.05) is 13.6 Å². The maximum atomic E-state index is 12.0. The van der Waals surface area contributed by atoms with Crippen LogP contribution in [0.3, 0.4) is 0 Å². The molecule has 16 heavy (non-hydrogen) atoms. The van der Waals surface area contributed by atoms with Crippen molar-refractivity contribution in [3.8, 4) is 0 Å². The molecule has 8 heteroatoms. The topological polar surface area (TPSA) is 76.3 Å². The van der Waals surface area contributed by atoms with Gasteiger partial charge in [-0.15, -0.1) is 11.3 Å². The van der Waals surface area contributed by atoms with E-state index in [2.05, 4.69) is 4.98 Å². The third-order valence-corrected chi connectivity index (χ3v) is 5.35. The number of hydrogen-bond acceptors (Lipinski definition) is 5. The van der Waals surface area contributed by atoms with Crippen LogP contribution in [-0.4, -0.2) is 36.3 Å². The van der Waals surface area contributed by atoms with Crippen LogP contribution in [0.4, 0.5) is 0 Å². The highest BCUT2D eigenvalue weighted by Gasteiger charge is 2.22. The van der Waals surface area contributed by atoms with Crippen molar-refractivity contribution >= 4 is 38.6 Å². The molecule has 1 aromatic heterocycles. The number of thiazole rings is 1. The fraction of sp³-hybridized carbons (Fsp3) is 0.500. The van der Waals surface area contributed by atoms with Gasteiger partial charge in [0.1, 0.15) is 0 Å². The Morgan fingerprint density at radius 2 is 2.31 bits per heavy atom. The first-order valence-corrected chi connectivity index (χ1v) is 7.17. The van der Waals surface area contributed by atoms with Crippen molar-refractivity contribution in [1.82, 2.24) is 9.29 Å². The molecule has 5 nitrogen and oxygen atoms in total. The molecule has 0 aliphatic rings. The van der Waals surface area contributed by atoms with Crippen LogP contribution in [-0.2, 0) is 10.0 Å². The highest BCUT2D eigenvalue weighted by atomic mass is 32.2. The molecule has 0 aliphatic heterocycles. The molecule has 0 bridgehead atoms.